The van der Waals surface area contributed by atoms with Crippen LogP contribution < -0.4 is 14.2 Å². The molecule has 0 aromatic heterocycles. The molecule has 0 aliphatic carbocycles. The number of carboxylic acid groups (broad SMARTS) is 1. The molecule has 2 rings (SSSR count). The minimum absolute atomic E-state index is 0.0101. The Morgan fingerprint density at radius 3 is 1.88 bits per heavy atom. The quantitative estimate of drug-likeness (QED) is 0.598. The van der Waals surface area contributed by atoms with Gasteiger partial charge in [-0.25, -0.2) is 0 Å². The van der Waals surface area contributed by atoms with Crippen LogP contribution in [0.1, 0.15) is 26.3 Å². The minimum Gasteiger partial charge on any atom is -0.494 e. The van der Waals surface area contributed by atoms with Crippen LogP contribution in [-0.2, 0) is 16.0 Å². The van der Waals surface area contributed by atoms with E-state index in [-0.39, 0.29) is 12.4 Å². The minimum atomic E-state index is -0.841. The third-order valence-electron chi connectivity index (χ3n) is 3.02. The van der Waals surface area contributed by atoms with Gasteiger partial charge in [-0.15, -0.1) is 0 Å². The number of carbonyl (C=O) groups excluding carboxylic acids is 1. The lowest BCUT2D eigenvalue weighted by Gasteiger charge is -2.08. The van der Waals surface area contributed by atoms with E-state index in [9.17, 15) is 9.59 Å². The highest BCUT2D eigenvalue weighted by Crippen LogP contribution is 2.26. The molecular formula is C20H24O6. The summed E-state index contributed by atoms with van der Waals surface area (Å²) in [5.41, 5.74) is 0.719. The molecule has 0 aliphatic rings. The van der Waals surface area contributed by atoms with E-state index < -0.39 is 5.97 Å². The smallest absolute Gasteiger partial charge is 0.308 e. The van der Waals surface area contributed by atoms with E-state index in [1.165, 1.54) is 6.92 Å². The number of para-hydroxylation sites is 3. The van der Waals surface area contributed by atoms with E-state index in [1.54, 1.807) is 36.4 Å². The molecule has 140 valence electrons. The maximum Gasteiger partial charge on any atom is 0.308 e. The van der Waals surface area contributed by atoms with Crippen molar-refractivity contribution < 1.29 is 28.9 Å². The van der Waals surface area contributed by atoms with Gasteiger partial charge in [0.15, 0.2) is 11.5 Å². The van der Waals surface area contributed by atoms with Crippen molar-refractivity contribution in [2.75, 3.05) is 13.2 Å². The van der Waals surface area contributed by atoms with E-state index in [0.29, 0.717) is 30.5 Å². The second kappa shape index (κ2) is 11.5. The molecule has 1 N–H and O–H groups in total. The van der Waals surface area contributed by atoms with Gasteiger partial charge in [-0.2, -0.15) is 0 Å². The molecule has 2 aromatic rings. The largest absolute Gasteiger partial charge is 0.494 e. The Balaban J connectivity index is 0.000000260. The third kappa shape index (κ3) is 7.70. The van der Waals surface area contributed by atoms with Crippen molar-refractivity contribution in [1.82, 2.24) is 0 Å². The van der Waals surface area contributed by atoms with Crippen LogP contribution in [0.3, 0.4) is 0 Å². The van der Waals surface area contributed by atoms with Crippen LogP contribution in [0, 0.1) is 0 Å². The van der Waals surface area contributed by atoms with Crippen molar-refractivity contribution in [2.45, 2.75) is 27.2 Å². The second-order valence-corrected chi connectivity index (χ2v) is 5.08. The van der Waals surface area contributed by atoms with Crippen LogP contribution >= 0.6 is 0 Å². The Morgan fingerprint density at radius 1 is 0.846 bits per heavy atom. The van der Waals surface area contributed by atoms with Gasteiger partial charge in [0.25, 0.3) is 0 Å². The zero-order valence-electron chi connectivity index (χ0n) is 15.2. The molecule has 0 spiro atoms. The normalized spacial score (nSPS) is 9.50. The van der Waals surface area contributed by atoms with Gasteiger partial charge in [-0.05, 0) is 32.0 Å². The molecule has 6 heteroatoms. The molecular weight excluding hydrogens is 336 g/mol. The maximum absolute atomic E-state index is 10.7. The van der Waals surface area contributed by atoms with Gasteiger partial charge in [0.1, 0.15) is 5.75 Å². The lowest BCUT2D eigenvalue weighted by molar-refractivity contribution is -0.136. The number of carboxylic acids is 1. The summed E-state index contributed by atoms with van der Waals surface area (Å²) in [6.45, 7) is 6.22. The van der Waals surface area contributed by atoms with Crippen molar-refractivity contribution in [1.29, 1.82) is 0 Å². The van der Waals surface area contributed by atoms with Gasteiger partial charge >= 0.3 is 11.9 Å². The first-order chi connectivity index (χ1) is 12.5. The Kier molecular flexibility index (Phi) is 9.31. The fourth-order valence-corrected chi connectivity index (χ4v) is 2.07. The maximum atomic E-state index is 10.7. The fourth-order valence-electron chi connectivity index (χ4n) is 2.07. The molecule has 0 radical (unpaired) electrons. The van der Waals surface area contributed by atoms with Crippen molar-refractivity contribution in [3.8, 4) is 17.2 Å². The van der Waals surface area contributed by atoms with E-state index >= 15 is 0 Å². The number of esters is 1. The predicted octanol–water partition coefficient (Wildman–Crippen LogP) is 3.72. The first kappa shape index (κ1) is 21.0. The number of carbonyl (C=O) groups is 2. The van der Waals surface area contributed by atoms with E-state index in [4.69, 9.17) is 19.3 Å². The molecule has 0 heterocycles. The zero-order chi connectivity index (χ0) is 19.4. The van der Waals surface area contributed by atoms with Crippen LogP contribution in [0.15, 0.2) is 48.5 Å². The summed E-state index contributed by atoms with van der Waals surface area (Å²) in [6, 6.07) is 14.3. The lowest BCUT2D eigenvalue weighted by Crippen LogP contribution is -2.03. The van der Waals surface area contributed by atoms with Crippen LogP contribution in [0.2, 0.25) is 0 Å². The molecule has 0 saturated heterocycles. The predicted molar refractivity (Wildman–Crippen MR) is 97.9 cm³/mol. The van der Waals surface area contributed by atoms with Crippen molar-refractivity contribution in [3.05, 3.63) is 54.1 Å². The summed E-state index contributed by atoms with van der Waals surface area (Å²) >= 11 is 0. The lowest BCUT2D eigenvalue weighted by atomic mass is 10.1. The summed E-state index contributed by atoms with van der Waals surface area (Å²) in [6.07, 6.45) is 0.0101. The van der Waals surface area contributed by atoms with Crippen molar-refractivity contribution >= 4 is 11.9 Å². The second-order valence-electron chi connectivity index (χ2n) is 5.08. The molecule has 26 heavy (non-hydrogen) atoms. The standard InChI is InChI=1S/2C10H12O3/c1-3-12-9-6-4-5-7-10(9)13-8(2)11;1-2-13-9-6-4-3-5-8(9)7-10(11)12/h4-7H,3H2,1-2H3;3-6H,2,7H2,1H3,(H,11,12). The summed E-state index contributed by atoms with van der Waals surface area (Å²) in [5.74, 6) is 0.545. The van der Waals surface area contributed by atoms with Gasteiger partial charge in [0.05, 0.1) is 19.6 Å². The summed E-state index contributed by atoms with van der Waals surface area (Å²) in [5, 5.41) is 8.60. The Morgan fingerprint density at radius 2 is 1.35 bits per heavy atom. The number of hydrogen-bond donors (Lipinski definition) is 1. The van der Waals surface area contributed by atoms with E-state index in [0.717, 1.165) is 5.56 Å². The number of rotatable bonds is 7. The molecule has 0 saturated carbocycles. The highest BCUT2D eigenvalue weighted by Gasteiger charge is 2.06. The van der Waals surface area contributed by atoms with Crippen molar-refractivity contribution in [3.63, 3.8) is 0 Å². The van der Waals surface area contributed by atoms with Gasteiger partial charge in [-0.1, -0.05) is 30.3 Å². The highest BCUT2D eigenvalue weighted by atomic mass is 16.6. The Labute approximate surface area is 153 Å². The van der Waals surface area contributed by atoms with Crippen molar-refractivity contribution in [2.24, 2.45) is 0 Å². The average Bonchev–Trinajstić information content (AvgIpc) is 2.59. The summed E-state index contributed by atoms with van der Waals surface area (Å²) in [4.78, 5) is 21.2. The van der Waals surface area contributed by atoms with Gasteiger partial charge in [0.2, 0.25) is 0 Å². The van der Waals surface area contributed by atoms with Gasteiger partial charge < -0.3 is 19.3 Å². The molecule has 6 nitrogen and oxygen atoms in total. The van der Waals surface area contributed by atoms with E-state index in [2.05, 4.69) is 0 Å². The van der Waals surface area contributed by atoms with Crippen LogP contribution in [0.4, 0.5) is 0 Å². The highest BCUT2D eigenvalue weighted by molar-refractivity contribution is 5.71. The number of aliphatic carboxylic acids is 1. The SMILES string of the molecule is CCOc1ccccc1CC(=O)O.CCOc1ccccc1OC(C)=O. The summed E-state index contributed by atoms with van der Waals surface area (Å²) < 4.78 is 15.5. The summed E-state index contributed by atoms with van der Waals surface area (Å²) in [7, 11) is 0. The average molecular weight is 360 g/mol. The number of ether oxygens (including phenoxy) is 3. The third-order valence-corrected chi connectivity index (χ3v) is 3.02. The molecule has 0 unspecified atom stereocenters. The van der Waals surface area contributed by atoms with Crippen LogP contribution in [0.25, 0.3) is 0 Å². The van der Waals surface area contributed by atoms with Crippen LogP contribution in [0.5, 0.6) is 17.2 Å². The zero-order valence-corrected chi connectivity index (χ0v) is 15.2. The van der Waals surface area contributed by atoms with Crippen LogP contribution in [-0.4, -0.2) is 30.3 Å². The Bertz CT molecular complexity index is 649. The number of benzene rings is 2. The van der Waals surface area contributed by atoms with E-state index in [1.807, 2.05) is 26.0 Å². The first-order valence-electron chi connectivity index (χ1n) is 8.30. The monoisotopic (exact) mass is 360 g/mol. The molecule has 0 amide bonds. The molecule has 0 fully saturated rings. The molecule has 0 bridgehead atoms. The molecule has 0 atom stereocenters. The van der Waals surface area contributed by atoms with Gasteiger partial charge in [-0.3, -0.25) is 9.59 Å². The first-order valence-corrected chi connectivity index (χ1v) is 8.30. The molecule has 0 aliphatic heterocycles. The molecule has 2 aromatic carbocycles. The Hall–Kier alpha value is -3.02. The topological polar surface area (TPSA) is 82.1 Å². The van der Waals surface area contributed by atoms with Gasteiger partial charge in [0, 0.05) is 12.5 Å². The fraction of sp³-hybridized carbons (Fsp3) is 0.300. The number of hydrogen-bond acceptors (Lipinski definition) is 5.